The maximum atomic E-state index is 12.3. The van der Waals surface area contributed by atoms with Crippen LogP contribution in [0.15, 0.2) is 12.1 Å². The minimum Gasteiger partial charge on any atom is -0.507 e. The van der Waals surface area contributed by atoms with E-state index in [1.54, 1.807) is 7.11 Å². The molecule has 5 fully saturated rings. The molecule has 0 amide bonds. The number of carbonyl (C=O) groups is 1. The van der Waals surface area contributed by atoms with Gasteiger partial charge in [0.1, 0.15) is 39.0 Å². The zero-order valence-corrected chi connectivity index (χ0v) is 63.9. The van der Waals surface area contributed by atoms with Crippen molar-refractivity contribution in [3.63, 3.8) is 0 Å². The monoisotopic (exact) mass is 1290 g/mol. The van der Waals surface area contributed by atoms with Crippen LogP contribution in [0.3, 0.4) is 0 Å². The van der Waals surface area contributed by atoms with Gasteiger partial charge in [-0.3, -0.25) is 14.6 Å². The van der Waals surface area contributed by atoms with Crippen molar-refractivity contribution in [2.24, 2.45) is 0 Å². The number of rotatable bonds is 24. The van der Waals surface area contributed by atoms with Crippen molar-refractivity contribution in [2.45, 2.75) is 386 Å². The molecule has 6 rings (SSSR count). The number of hydrogen-bond acceptors (Lipinski definition) is 16. The second kappa shape index (κ2) is 32.1. The van der Waals surface area contributed by atoms with E-state index in [4.69, 9.17) is 42.6 Å². The smallest absolute Gasteiger partial charge is 0.306 e. The lowest BCUT2D eigenvalue weighted by molar-refractivity contribution is -0.252. The lowest BCUT2D eigenvalue weighted by Gasteiger charge is -2.53. The molecule has 0 radical (unpaired) electrons. The lowest BCUT2D eigenvalue weighted by atomic mass is 9.78. The molecule has 532 valence electrons. The van der Waals surface area contributed by atoms with Crippen LogP contribution in [0, 0.1) is 0 Å². The third kappa shape index (κ3) is 27.4. The number of ether oxygens (including phenoxy) is 9. The fourth-order valence-electron chi connectivity index (χ4n) is 16.0. The van der Waals surface area contributed by atoms with Crippen LogP contribution in [-0.2, 0) is 64.7 Å². The normalized spacial score (nSPS) is 24.2. The number of carbonyl (C=O) groups excluding carboxylic acids is 1. The molecule has 16 nitrogen and oxygen atoms in total. The van der Waals surface area contributed by atoms with E-state index < -0.39 is 6.29 Å². The minimum absolute atomic E-state index is 0.00328. The summed E-state index contributed by atoms with van der Waals surface area (Å²) in [6.07, 6.45) is 14.8. The number of methoxy groups -OCH3 is 1. The fourth-order valence-corrected chi connectivity index (χ4v) is 16.0. The standard InChI is InChI=1S/C38H68N2O5.C26H50N2O4.C11H23NO2/c1-33(2,3)29-17-26(18-30(32(29)41)34(4,5)6)19-31(44-24-42-27-20-35(7,8)39(15)36(9,10)21-27)45-25-43-28-22-37(11,12)40(16)38(13,14)23-28;1-23(2)15-20(16-24(3,4)27-23)31-19-30-14-12-10-9-11-13-22(29)32-21-17-25(5,6)28-26(7,8)18-21;1-10(2)6-9(14-8-13-5)7-11(3,4)12-10/h17-18,27-28,31,41H,19-25H2,1-16H3;20-21,27-28H,9-19H2,1-8H3;9,12H,6-8H2,1-5H3. The van der Waals surface area contributed by atoms with E-state index in [0.29, 0.717) is 44.9 Å². The molecule has 91 heavy (non-hydrogen) atoms. The Morgan fingerprint density at radius 1 is 0.484 bits per heavy atom. The molecule has 16 heteroatoms. The average molecular weight is 1290 g/mol. The number of nitrogens with zero attached hydrogens (tertiary/aromatic N) is 2. The first-order valence-corrected chi connectivity index (χ1v) is 35.0. The van der Waals surface area contributed by atoms with Gasteiger partial charge in [0.05, 0.1) is 24.4 Å². The van der Waals surface area contributed by atoms with Crippen molar-refractivity contribution in [1.29, 1.82) is 0 Å². The summed E-state index contributed by atoms with van der Waals surface area (Å²) in [5, 5.41) is 22.2. The number of aromatic hydroxyl groups is 1. The van der Waals surface area contributed by atoms with Gasteiger partial charge in [-0.2, -0.15) is 0 Å². The largest absolute Gasteiger partial charge is 0.507 e. The predicted molar refractivity (Wildman–Crippen MR) is 372 cm³/mol. The zero-order valence-electron chi connectivity index (χ0n) is 63.9. The van der Waals surface area contributed by atoms with Gasteiger partial charge in [-0.05, 0) is 244 Å². The van der Waals surface area contributed by atoms with Crippen molar-refractivity contribution < 1.29 is 52.5 Å². The molecule has 5 saturated heterocycles. The molecule has 0 spiro atoms. The molecule has 0 bridgehead atoms. The number of esters is 1. The Morgan fingerprint density at radius 3 is 1.15 bits per heavy atom. The minimum atomic E-state index is -0.560. The first-order chi connectivity index (χ1) is 41.3. The molecule has 0 aromatic heterocycles. The average Bonchev–Trinajstić information content (AvgIpc) is 0.806. The van der Waals surface area contributed by atoms with Gasteiger partial charge < -0.3 is 63.7 Å². The van der Waals surface area contributed by atoms with Crippen LogP contribution in [0.1, 0.15) is 293 Å². The summed E-state index contributed by atoms with van der Waals surface area (Å²) >= 11 is 0. The molecule has 5 aliphatic heterocycles. The summed E-state index contributed by atoms with van der Waals surface area (Å²) in [4.78, 5) is 17.2. The molecule has 0 atom stereocenters. The Bertz CT molecular complexity index is 2220. The number of nitrogens with one attached hydrogen (secondary N) is 3. The number of benzene rings is 1. The fraction of sp³-hybridized carbons (Fsp3) is 0.907. The highest BCUT2D eigenvalue weighted by Gasteiger charge is 2.46. The van der Waals surface area contributed by atoms with Crippen molar-refractivity contribution >= 4 is 5.97 Å². The van der Waals surface area contributed by atoms with Gasteiger partial charge in [0.2, 0.25) is 0 Å². The summed E-state index contributed by atoms with van der Waals surface area (Å²) < 4.78 is 53.6. The van der Waals surface area contributed by atoms with E-state index in [1.165, 1.54) is 0 Å². The Labute approximate surface area is 557 Å². The third-order valence-electron chi connectivity index (χ3n) is 19.8. The van der Waals surface area contributed by atoms with Crippen molar-refractivity contribution in [3.8, 4) is 5.75 Å². The maximum absolute atomic E-state index is 12.3. The van der Waals surface area contributed by atoms with E-state index >= 15 is 0 Å². The molecular weight excluding hydrogens is 1150 g/mol. The molecule has 1 aromatic carbocycles. The molecule has 0 saturated carbocycles. The zero-order chi connectivity index (χ0) is 69.3. The third-order valence-corrected chi connectivity index (χ3v) is 19.8. The Hall–Kier alpha value is -2.03. The highest BCUT2D eigenvalue weighted by Crippen LogP contribution is 2.43. The first kappa shape index (κ1) is 81.4. The van der Waals surface area contributed by atoms with Crippen LogP contribution >= 0.6 is 0 Å². The van der Waals surface area contributed by atoms with Crippen molar-refractivity contribution in [3.05, 3.63) is 28.8 Å². The van der Waals surface area contributed by atoms with Crippen LogP contribution in [0.25, 0.3) is 0 Å². The van der Waals surface area contributed by atoms with Gasteiger partial charge in [-0.15, -0.1) is 0 Å². The number of piperidine rings is 5. The van der Waals surface area contributed by atoms with E-state index in [9.17, 15) is 9.90 Å². The highest BCUT2D eigenvalue weighted by atomic mass is 16.8. The van der Waals surface area contributed by atoms with Crippen LogP contribution in [-0.4, -0.2) is 168 Å². The van der Waals surface area contributed by atoms with Gasteiger partial charge in [0.25, 0.3) is 0 Å². The Morgan fingerprint density at radius 2 is 0.802 bits per heavy atom. The van der Waals surface area contributed by atoms with Crippen molar-refractivity contribution in [1.82, 2.24) is 25.8 Å². The van der Waals surface area contributed by atoms with Gasteiger partial charge in [-0.1, -0.05) is 66.5 Å². The molecule has 4 N–H and O–H groups in total. The Kier molecular flexibility index (Phi) is 28.7. The number of phenols is 1. The number of phenolic OH excluding ortho intramolecular Hbond substituents is 1. The van der Waals surface area contributed by atoms with Crippen LogP contribution in [0.4, 0.5) is 0 Å². The van der Waals surface area contributed by atoms with Crippen LogP contribution in [0.2, 0.25) is 0 Å². The number of unbranched alkanes of at least 4 members (excludes halogenated alkanes) is 3. The van der Waals surface area contributed by atoms with E-state index in [1.807, 2.05) is 0 Å². The van der Waals surface area contributed by atoms with E-state index in [2.05, 4.69) is 232 Å². The highest BCUT2D eigenvalue weighted by molar-refractivity contribution is 5.69. The number of hydrogen-bond donors (Lipinski definition) is 4. The lowest BCUT2D eigenvalue weighted by Crippen LogP contribution is -2.60. The molecule has 0 aliphatic carbocycles. The van der Waals surface area contributed by atoms with Gasteiger partial charge in [0, 0.05) is 94.8 Å². The Balaban J connectivity index is 0.000000331. The molecule has 0 unspecified atom stereocenters. The van der Waals surface area contributed by atoms with Crippen LogP contribution < -0.4 is 16.0 Å². The quantitative estimate of drug-likeness (QED) is 0.0439. The second-order valence-corrected chi connectivity index (χ2v) is 36.7. The summed E-state index contributed by atoms with van der Waals surface area (Å²) in [5.74, 6) is 0.324. The summed E-state index contributed by atoms with van der Waals surface area (Å²) in [5.41, 5.74) is 3.11. The molecular formula is C75H141N5O11. The maximum Gasteiger partial charge on any atom is 0.306 e. The summed E-state index contributed by atoms with van der Waals surface area (Å²) in [7, 11) is 6.08. The number of likely N-dealkylation sites (tertiary alicyclic amines) is 2. The summed E-state index contributed by atoms with van der Waals surface area (Å²) in [6.45, 7) is 59.4. The second-order valence-electron chi connectivity index (χ2n) is 36.7. The molecule has 5 heterocycles. The van der Waals surface area contributed by atoms with Crippen LogP contribution in [0.5, 0.6) is 5.75 Å². The van der Waals surface area contributed by atoms with E-state index in [-0.39, 0.29) is 110 Å². The molecule has 5 aliphatic rings. The first-order valence-electron chi connectivity index (χ1n) is 35.0. The predicted octanol–water partition coefficient (Wildman–Crippen LogP) is 15.1. The van der Waals surface area contributed by atoms with Gasteiger partial charge in [0.15, 0.2) is 6.29 Å². The van der Waals surface area contributed by atoms with Gasteiger partial charge >= 0.3 is 5.97 Å². The van der Waals surface area contributed by atoms with E-state index in [0.717, 1.165) is 107 Å². The van der Waals surface area contributed by atoms with Crippen molar-refractivity contribution in [2.75, 3.05) is 55.0 Å². The summed E-state index contributed by atoms with van der Waals surface area (Å²) in [6, 6.07) is 4.21. The molecule has 1 aromatic rings. The topological polar surface area (TPSA) is 163 Å². The SMILES string of the molecule is CC1(C)CC(OCOCCCCCCC(=O)OC2CC(C)(C)NC(C)(C)C2)CC(C)(C)N1.CN1C(C)(C)CC(OCOC(Cc2cc(C(C)(C)C)c(O)c(C(C)(C)C)c2)OCOC2CC(C)(C)N(C)C(C)(C)C2)CC1(C)C.COCOC1CC(C)(C)NC(C)(C)C1. The van der Waals surface area contributed by atoms with Gasteiger partial charge in [-0.25, -0.2) is 0 Å².